The van der Waals surface area contributed by atoms with Gasteiger partial charge in [0.1, 0.15) is 6.04 Å². The molecule has 0 aliphatic carbocycles. The van der Waals surface area contributed by atoms with Crippen molar-refractivity contribution >= 4 is 23.6 Å². The van der Waals surface area contributed by atoms with Crippen molar-refractivity contribution in [3.8, 4) is 0 Å². The van der Waals surface area contributed by atoms with Crippen molar-refractivity contribution in [2.45, 2.75) is 37.1 Å². The molecule has 0 aromatic rings. The van der Waals surface area contributed by atoms with E-state index in [0.29, 0.717) is 12.8 Å². The van der Waals surface area contributed by atoms with Gasteiger partial charge < -0.3 is 10.0 Å². The highest BCUT2D eigenvalue weighted by molar-refractivity contribution is 7.99. The smallest absolute Gasteiger partial charge is 0.326 e. The largest absolute Gasteiger partial charge is 0.480 e. The lowest BCUT2D eigenvalue weighted by atomic mass is 10.2. The molecule has 0 radical (unpaired) electrons. The standard InChI is InChI=1S/C9H13NO3S/c11-7-2-1-5-14-8-4-3-6(9(12)13)10(7)8/h6,8H,1-5H2,(H,12,13). The molecule has 2 aliphatic rings. The summed E-state index contributed by atoms with van der Waals surface area (Å²) in [6, 6.07) is -0.571. The second-order valence-corrected chi connectivity index (χ2v) is 4.95. The van der Waals surface area contributed by atoms with Crippen molar-refractivity contribution in [3.63, 3.8) is 0 Å². The Labute approximate surface area is 86.6 Å². The fourth-order valence-electron chi connectivity index (χ4n) is 2.09. The van der Waals surface area contributed by atoms with Crippen LogP contribution in [0.1, 0.15) is 25.7 Å². The monoisotopic (exact) mass is 215 g/mol. The van der Waals surface area contributed by atoms with Gasteiger partial charge in [0, 0.05) is 6.42 Å². The molecule has 5 heteroatoms. The van der Waals surface area contributed by atoms with Crippen LogP contribution in [0.2, 0.25) is 0 Å². The Bertz CT molecular complexity index is 269. The van der Waals surface area contributed by atoms with Crippen LogP contribution in [0.25, 0.3) is 0 Å². The Hall–Kier alpha value is -0.710. The first kappa shape index (κ1) is 9.83. The number of amides is 1. The van der Waals surface area contributed by atoms with E-state index in [9.17, 15) is 9.59 Å². The molecule has 0 spiro atoms. The summed E-state index contributed by atoms with van der Waals surface area (Å²) in [5, 5.41) is 9.08. The van der Waals surface area contributed by atoms with Crippen LogP contribution in [0.5, 0.6) is 0 Å². The second kappa shape index (κ2) is 3.81. The quantitative estimate of drug-likeness (QED) is 0.706. The Kier molecular flexibility index (Phi) is 2.67. The molecule has 2 saturated heterocycles. The summed E-state index contributed by atoms with van der Waals surface area (Å²) in [4.78, 5) is 24.2. The lowest BCUT2D eigenvalue weighted by Gasteiger charge is -2.25. The van der Waals surface area contributed by atoms with E-state index >= 15 is 0 Å². The summed E-state index contributed by atoms with van der Waals surface area (Å²) in [7, 11) is 0. The fourth-order valence-corrected chi connectivity index (χ4v) is 3.40. The normalized spacial score (nSPS) is 32.6. The number of carbonyl (C=O) groups is 2. The predicted octanol–water partition coefficient (Wildman–Crippen LogP) is 0.915. The number of fused-ring (bicyclic) bond motifs is 1. The maximum atomic E-state index is 11.7. The molecule has 0 saturated carbocycles. The van der Waals surface area contributed by atoms with Gasteiger partial charge in [0.25, 0.3) is 0 Å². The average Bonchev–Trinajstić information content (AvgIpc) is 2.48. The summed E-state index contributed by atoms with van der Waals surface area (Å²) < 4.78 is 0. The van der Waals surface area contributed by atoms with Crippen molar-refractivity contribution in [3.05, 3.63) is 0 Å². The molecule has 2 atom stereocenters. The second-order valence-electron chi connectivity index (χ2n) is 3.66. The first-order valence-electron chi connectivity index (χ1n) is 4.85. The number of aliphatic carboxylic acids is 1. The summed E-state index contributed by atoms with van der Waals surface area (Å²) in [6.45, 7) is 0. The molecular weight excluding hydrogens is 202 g/mol. The van der Waals surface area contributed by atoms with E-state index in [1.807, 2.05) is 0 Å². The summed E-state index contributed by atoms with van der Waals surface area (Å²) in [5.74, 6) is 0.132. The Morgan fingerprint density at radius 3 is 3.00 bits per heavy atom. The molecule has 14 heavy (non-hydrogen) atoms. The van der Waals surface area contributed by atoms with Crippen LogP contribution in [-0.4, -0.2) is 39.1 Å². The maximum Gasteiger partial charge on any atom is 0.326 e. The minimum absolute atomic E-state index is 0.0184. The Morgan fingerprint density at radius 1 is 1.50 bits per heavy atom. The van der Waals surface area contributed by atoms with E-state index < -0.39 is 12.0 Å². The lowest BCUT2D eigenvalue weighted by Crippen LogP contribution is -2.42. The highest BCUT2D eigenvalue weighted by Gasteiger charge is 2.41. The van der Waals surface area contributed by atoms with Crippen molar-refractivity contribution in [2.24, 2.45) is 0 Å². The highest BCUT2D eigenvalue weighted by Crippen LogP contribution is 2.35. The van der Waals surface area contributed by atoms with E-state index in [4.69, 9.17) is 5.11 Å². The summed E-state index contributed by atoms with van der Waals surface area (Å²) >= 11 is 1.72. The number of carbonyl (C=O) groups excluding carboxylic acids is 1. The van der Waals surface area contributed by atoms with E-state index in [1.165, 1.54) is 0 Å². The van der Waals surface area contributed by atoms with Crippen LogP contribution >= 0.6 is 11.8 Å². The zero-order chi connectivity index (χ0) is 10.1. The van der Waals surface area contributed by atoms with Crippen LogP contribution in [0.3, 0.4) is 0 Å². The topological polar surface area (TPSA) is 57.6 Å². The van der Waals surface area contributed by atoms with Crippen molar-refractivity contribution in [1.29, 1.82) is 0 Å². The molecule has 0 bridgehead atoms. The van der Waals surface area contributed by atoms with E-state index in [1.54, 1.807) is 16.7 Å². The van der Waals surface area contributed by atoms with Gasteiger partial charge in [0.05, 0.1) is 5.37 Å². The predicted molar refractivity (Wildman–Crippen MR) is 53.0 cm³/mol. The third-order valence-corrected chi connectivity index (χ3v) is 4.12. The van der Waals surface area contributed by atoms with Gasteiger partial charge >= 0.3 is 5.97 Å². The molecule has 1 amide bonds. The van der Waals surface area contributed by atoms with Crippen molar-refractivity contribution in [2.75, 3.05) is 5.75 Å². The van der Waals surface area contributed by atoms with Crippen LogP contribution in [0.15, 0.2) is 0 Å². The molecule has 0 aromatic carbocycles. The van der Waals surface area contributed by atoms with Crippen LogP contribution in [0, 0.1) is 0 Å². The van der Waals surface area contributed by atoms with Gasteiger partial charge in [-0.3, -0.25) is 4.79 Å². The molecule has 2 unspecified atom stereocenters. The van der Waals surface area contributed by atoms with E-state index in [0.717, 1.165) is 18.6 Å². The first-order chi connectivity index (χ1) is 6.70. The number of hydrogen-bond donors (Lipinski definition) is 1. The van der Waals surface area contributed by atoms with Crippen LogP contribution < -0.4 is 0 Å². The van der Waals surface area contributed by atoms with Crippen LogP contribution in [0.4, 0.5) is 0 Å². The molecule has 2 aliphatic heterocycles. The van der Waals surface area contributed by atoms with Gasteiger partial charge in [0.15, 0.2) is 0 Å². The van der Waals surface area contributed by atoms with Crippen molar-refractivity contribution in [1.82, 2.24) is 4.90 Å². The number of carboxylic acid groups (broad SMARTS) is 1. The number of thioether (sulfide) groups is 1. The highest BCUT2D eigenvalue weighted by atomic mass is 32.2. The number of carboxylic acids is 1. The Morgan fingerprint density at radius 2 is 2.29 bits per heavy atom. The zero-order valence-electron chi connectivity index (χ0n) is 7.81. The zero-order valence-corrected chi connectivity index (χ0v) is 8.63. The van der Waals surface area contributed by atoms with Gasteiger partial charge in [-0.2, -0.15) is 0 Å². The lowest BCUT2D eigenvalue weighted by molar-refractivity contribution is -0.148. The van der Waals surface area contributed by atoms with Gasteiger partial charge in [-0.15, -0.1) is 11.8 Å². The number of rotatable bonds is 1. The van der Waals surface area contributed by atoms with Crippen LogP contribution in [-0.2, 0) is 9.59 Å². The van der Waals surface area contributed by atoms with Gasteiger partial charge in [-0.25, -0.2) is 4.79 Å². The summed E-state index contributed by atoms with van der Waals surface area (Å²) in [5.41, 5.74) is 0. The molecule has 0 aromatic heterocycles. The first-order valence-corrected chi connectivity index (χ1v) is 5.90. The molecule has 2 fully saturated rings. The molecule has 1 N–H and O–H groups in total. The molecule has 2 heterocycles. The van der Waals surface area contributed by atoms with Gasteiger partial charge in [-0.1, -0.05) is 0 Å². The van der Waals surface area contributed by atoms with Crippen molar-refractivity contribution < 1.29 is 14.7 Å². The Balaban J connectivity index is 2.18. The third kappa shape index (κ3) is 1.61. The molecule has 4 nitrogen and oxygen atoms in total. The fraction of sp³-hybridized carbons (Fsp3) is 0.778. The van der Waals surface area contributed by atoms with E-state index in [2.05, 4.69) is 0 Å². The van der Waals surface area contributed by atoms with Gasteiger partial charge in [0.2, 0.25) is 5.91 Å². The molecular formula is C9H13NO3S. The number of nitrogens with zero attached hydrogens (tertiary/aromatic N) is 1. The minimum Gasteiger partial charge on any atom is -0.480 e. The summed E-state index contributed by atoms with van der Waals surface area (Å²) in [6.07, 6.45) is 2.82. The molecule has 2 rings (SSSR count). The number of hydrogen-bond acceptors (Lipinski definition) is 3. The molecule has 78 valence electrons. The maximum absolute atomic E-state index is 11.7. The average molecular weight is 215 g/mol. The third-order valence-electron chi connectivity index (χ3n) is 2.75. The minimum atomic E-state index is -0.858. The van der Waals surface area contributed by atoms with Gasteiger partial charge in [-0.05, 0) is 25.0 Å². The SMILES string of the molecule is O=C(O)C1CCC2SCCCC(=O)N21. The van der Waals surface area contributed by atoms with E-state index in [-0.39, 0.29) is 11.3 Å².